The highest BCUT2D eigenvalue weighted by atomic mass is 16.5. The number of para-hydroxylation sites is 1. The third kappa shape index (κ3) is 3.96. The zero-order chi connectivity index (χ0) is 16.1. The molecular weight excluding hydrogens is 290 g/mol. The highest BCUT2D eigenvalue weighted by Crippen LogP contribution is 2.26. The number of benzene rings is 2. The van der Waals surface area contributed by atoms with Crippen LogP contribution in [0.1, 0.15) is 12.0 Å². The van der Waals surface area contributed by atoms with Crippen LogP contribution in [0.2, 0.25) is 0 Å². The van der Waals surface area contributed by atoms with Crippen LogP contribution in [0.25, 0.3) is 0 Å². The van der Waals surface area contributed by atoms with E-state index in [-0.39, 0.29) is 6.61 Å². The largest absolute Gasteiger partial charge is 0.497 e. The van der Waals surface area contributed by atoms with Crippen molar-refractivity contribution in [3.63, 3.8) is 0 Å². The summed E-state index contributed by atoms with van der Waals surface area (Å²) in [4.78, 5) is 2.25. The number of aliphatic hydroxyl groups excluding tert-OH is 1. The number of fused-ring (bicyclic) bond motifs is 1. The third-order valence-corrected chi connectivity index (χ3v) is 4.14. The van der Waals surface area contributed by atoms with Crippen molar-refractivity contribution >= 4 is 5.69 Å². The smallest absolute Gasteiger partial charge is 0.119 e. The minimum Gasteiger partial charge on any atom is -0.497 e. The van der Waals surface area contributed by atoms with E-state index in [0.29, 0.717) is 6.54 Å². The minimum absolute atomic E-state index is 0.283. The first-order chi connectivity index (χ1) is 11.3. The van der Waals surface area contributed by atoms with Gasteiger partial charge in [-0.25, -0.2) is 0 Å². The molecule has 0 aromatic heterocycles. The fourth-order valence-corrected chi connectivity index (χ4v) is 2.97. The van der Waals surface area contributed by atoms with E-state index in [2.05, 4.69) is 29.2 Å². The molecule has 0 aliphatic carbocycles. The average Bonchev–Trinajstić information content (AvgIpc) is 2.61. The average molecular weight is 313 g/mol. The number of ether oxygens (including phenoxy) is 2. The minimum atomic E-state index is -0.525. The van der Waals surface area contributed by atoms with Crippen molar-refractivity contribution in [2.24, 2.45) is 0 Å². The topological polar surface area (TPSA) is 41.9 Å². The Morgan fingerprint density at radius 2 is 1.83 bits per heavy atom. The monoisotopic (exact) mass is 313 g/mol. The zero-order valence-electron chi connectivity index (χ0n) is 13.4. The van der Waals surface area contributed by atoms with Gasteiger partial charge in [0.2, 0.25) is 0 Å². The number of hydrogen-bond acceptors (Lipinski definition) is 4. The molecule has 1 aliphatic heterocycles. The second-order valence-electron chi connectivity index (χ2n) is 5.82. The van der Waals surface area contributed by atoms with Crippen molar-refractivity contribution in [1.82, 2.24) is 0 Å². The van der Waals surface area contributed by atoms with Gasteiger partial charge < -0.3 is 19.5 Å². The van der Waals surface area contributed by atoms with Crippen molar-refractivity contribution in [2.45, 2.75) is 18.9 Å². The molecule has 0 bridgehead atoms. The van der Waals surface area contributed by atoms with E-state index in [1.807, 2.05) is 24.3 Å². The molecule has 23 heavy (non-hydrogen) atoms. The summed E-state index contributed by atoms with van der Waals surface area (Å²) >= 11 is 0. The zero-order valence-corrected chi connectivity index (χ0v) is 13.4. The fourth-order valence-electron chi connectivity index (χ4n) is 2.97. The van der Waals surface area contributed by atoms with E-state index in [4.69, 9.17) is 9.47 Å². The molecule has 0 spiro atoms. The van der Waals surface area contributed by atoms with Crippen molar-refractivity contribution < 1.29 is 14.6 Å². The molecule has 0 saturated heterocycles. The van der Waals surface area contributed by atoms with Crippen LogP contribution >= 0.6 is 0 Å². The van der Waals surface area contributed by atoms with Gasteiger partial charge in [-0.15, -0.1) is 0 Å². The molecule has 0 unspecified atom stereocenters. The normalized spacial score (nSPS) is 15.0. The summed E-state index contributed by atoms with van der Waals surface area (Å²) < 4.78 is 10.8. The summed E-state index contributed by atoms with van der Waals surface area (Å²) in [5.41, 5.74) is 2.60. The second-order valence-corrected chi connectivity index (χ2v) is 5.82. The van der Waals surface area contributed by atoms with Gasteiger partial charge >= 0.3 is 0 Å². The molecule has 1 N–H and O–H groups in total. The number of aryl methyl sites for hydroxylation is 1. The number of anilines is 1. The second kappa shape index (κ2) is 7.38. The molecule has 4 heteroatoms. The van der Waals surface area contributed by atoms with Gasteiger partial charge in [0.1, 0.15) is 24.2 Å². The van der Waals surface area contributed by atoms with Crippen LogP contribution in [0.5, 0.6) is 11.5 Å². The summed E-state index contributed by atoms with van der Waals surface area (Å²) in [5.74, 6) is 1.53. The maximum absolute atomic E-state index is 10.3. The van der Waals surface area contributed by atoms with Gasteiger partial charge in [-0.3, -0.25) is 0 Å². The maximum Gasteiger partial charge on any atom is 0.119 e. The Morgan fingerprint density at radius 3 is 2.61 bits per heavy atom. The van der Waals surface area contributed by atoms with Crippen molar-refractivity contribution in [2.75, 3.05) is 31.7 Å². The molecule has 2 aromatic rings. The first-order valence-electron chi connectivity index (χ1n) is 8.04. The van der Waals surface area contributed by atoms with Crippen LogP contribution < -0.4 is 14.4 Å². The highest BCUT2D eigenvalue weighted by Gasteiger charge is 2.19. The van der Waals surface area contributed by atoms with Crippen molar-refractivity contribution in [3.05, 3.63) is 54.1 Å². The number of β-amino-alcohol motifs (C(OH)–C–C–N with tert-alkyl or cyclic N) is 1. The number of aliphatic hydroxyl groups is 1. The first kappa shape index (κ1) is 15.7. The first-order valence-corrected chi connectivity index (χ1v) is 8.04. The number of methoxy groups -OCH3 is 1. The lowest BCUT2D eigenvalue weighted by Crippen LogP contribution is -2.38. The van der Waals surface area contributed by atoms with E-state index in [1.165, 1.54) is 11.3 Å². The predicted molar refractivity (Wildman–Crippen MR) is 91.5 cm³/mol. The lowest BCUT2D eigenvalue weighted by atomic mass is 10.0. The molecule has 122 valence electrons. The molecule has 0 fully saturated rings. The fraction of sp³-hybridized carbons (Fsp3) is 0.368. The van der Waals surface area contributed by atoms with Crippen molar-refractivity contribution in [3.8, 4) is 11.5 Å². The number of rotatable bonds is 6. The summed E-state index contributed by atoms with van der Waals surface area (Å²) in [6, 6.07) is 15.8. The van der Waals surface area contributed by atoms with E-state index in [0.717, 1.165) is 30.9 Å². The molecular formula is C19H23NO3. The molecule has 1 heterocycles. The van der Waals surface area contributed by atoms with Gasteiger partial charge in [-0.05, 0) is 48.7 Å². The molecule has 2 aromatic carbocycles. The molecule has 4 nitrogen and oxygen atoms in total. The Morgan fingerprint density at radius 1 is 1.09 bits per heavy atom. The number of nitrogens with zero attached hydrogens (tertiary/aromatic N) is 1. The molecule has 0 amide bonds. The summed E-state index contributed by atoms with van der Waals surface area (Å²) in [5, 5.41) is 10.3. The SMILES string of the molecule is COc1ccc(OC[C@@H](O)CN2CCCc3ccccc32)cc1. The molecule has 1 atom stereocenters. The van der Waals surface area contributed by atoms with Gasteiger partial charge in [0.05, 0.1) is 7.11 Å². The van der Waals surface area contributed by atoms with E-state index >= 15 is 0 Å². The molecule has 0 radical (unpaired) electrons. The molecule has 0 saturated carbocycles. The van der Waals surface area contributed by atoms with E-state index in [9.17, 15) is 5.11 Å². The van der Waals surface area contributed by atoms with Gasteiger partial charge in [0.15, 0.2) is 0 Å². The number of hydrogen-bond donors (Lipinski definition) is 1. The Kier molecular flexibility index (Phi) is 5.03. The lowest BCUT2D eigenvalue weighted by Gasteiger charge is -2.32. The predicted octanol–water partition coefficient (Wildman–Crippen LogP) is 2.89. The third-order valence-electron chi connectivity index (χ3n) is 4.14. The van der Waals surface area contributed by atoms with Crippen LogP contribution in [0, 0.1) is 0 Å². The quantitative estimate of drug-likeness (QED) is 0.890. The summed E-state index contributed by atoms with van der Waals surface area (Å²) in [7, 11) is 1.63. The Balaban J connectivity index is 1.54. The van der Waals surface area contributed by atoms with E-state index < -0.39 is 6.10 Å². The highest BCUT2D eigenvalue weighted by molar-refractivity contribution is 5.55. The van der Waals surface area contributed by atoms with Gasteiger partial charge in [-0.2, -0.15) is 0 Å². The van der Waals surface area contributed by atoms with Crippen LogP contribution in [-0.2, 0) is 6.42 Å². The van der Waals surface area contributed by atoms with Crippen molar-refractivity contribution in [1.29, 1.82) is 0 Å². The summed E-state index contributed by atoms with van der Waals surface area (Å²) in [6.45, 7) is 1.86. The van der Waals surface area contributed by atoms with Crippen LogP contribution in [0.15, 0.2) is 48.5 Å². The van der Waals surface area contributed by atoms with Gasteiger partial charge in [-0.1, -0.05) is 18.2 Å². The molecule has 3 rings (SSSR count). The summed E-state index contributed by atoms with van der Waals surface area (Å²) in [6.07, 6.45) is 1.72. The van der Waals surface area contributed by atoms with E-state index in [1.54, 1.807) is 7.11 Å². The lowest BCUT2D eigenvalue weighted by molar-refractivity contribution is 0.112. The van der Waals surface area contributed by atoms with Crippen LogP contribution in [0.3, 0.4) is 0 Å². The Labute approximate surface area is 137 Å². The van der Waals surface area contributed by atoms with Crippen LogP contribution in [0.4, 0.5) is 5.69 Å². The van der Waals surface area contributed by atoms with Gasteiger partial charge in [0, 0.05) is 18.8 Å². The van der Waals surface area contributed by atoms with Crippen LogP contribution in [-0.4, -0.2) is 38.0 Å². The standard InChI is InChI=1S/C19H23NO3/c1-22-17-8-10-18(11-9-17)23-14-16(21)13-20-12-4-6-15-5-2-3-7-19(15)20/h2-3,5,7-11,16,21H,4,6,12-14H2,1H3/t16-/m0/s1. The maximum atomic E-state index is 10.3. The van der Waals surface area contributed by atoms with Gasteiger partial charge in [0.25, 0.3) is 0 Å². The molecule has 1 aliphatic rings. The Bertz CT molecular complexity index is 627. The Hall–Kier alpha value is -2.20.